The zero-order valence-corrected chi connectivity index (χ0v) is 14.9. The first kappa shape index (κ1) is 17.3. The number of benzene rings is 1. The van der Waals surface area contributed by atoms with Gasteiger partial charge in [-0.15, -0.1) is 0 Å². The monoisotopic (exact) mass is 348 g/mol. The first-order valence-corrected chi connectivity index (χ1v) is 8.69. The Balaban J connectivity index is 1.96. The van der Waals surface area contributed by atoms with Gasteiger partial charge in [-0.1, -0.05) is 6.07 Å². The van der Waals surface area contributed by atoms with Crippen LogP contribution in [0.15, 0.2) is 40.8 Å². The molecule has 6 heteroatoms. The standard InChI is InChI=1S/C18H19BF2O2S/c1-17(2)18(3,4)23-19(22-17)16(21)10-13-9-14(20)5-6-15(13)12-7-8-24-11-12/h5-11H,1-4H3. The molecule has 0 aliphatic carbocycles. The molecular formula is C18H19BF2O2S. The lowest BCUT2D eigenvalue weighted by Gasteiger charge is -2.32. The zero-order chi connectivity index (χ0) is 17.5. The molecule has 0 saturated carbocycles. The maximum atomic E-state index is 14.7. The average molecular weight is 348 g/mol. The van der Waals surface area contributed by atoms with Crippen molar-refractivity contribution >= 4 is 24.5 Å². The second-order valence-electron chi connectivity index (χ2n) is 6.86. The molecule has 0 radical (unpaired) electrons. The van der Waals surface area contributed by atoms with E-state index < -0.39 is 29.9 Å². The molecule has 24 heavy (non-hydrogen) atoms. The summed E-state index contributed by atoms with van der Waals surface area (Å²) < 4.78 is 39.8. The third-order valence-corrected chi connectivity index (χ3v) is 5.30. The smallest absolute Gasteiger partial charge is 0.398 e. The van der Waals surface area contributed by atoms with Crippen LogP contribution >= 0.6 is 11.3 Å². The van der Waals surface area contributed by atoms with Crippen molar-refractivity contribution in [3.05, 3.63) is 52.1 Å². The van der Waals surface area contributed by atoms with E-state index in [2.05, 4.69) is 0 Å². The second kappa shape index (κ2) is 6.10. The third kappa shape index (κ3) is 3.18. The largest absolute Gasteiger partial charge is 0.525 e. The van der Waals surface area contributed by atoms with Crippen molar-refractivity contribution < 1.29 is 18.1 Å². The van der Waals surface area contributed by atoms with Gasteiger partial charge in [0.2, 0.25) is 0 Å². The van der Waals surface area contributed by atoms with Gasteiger partial charge in [-0.2, -0.15) is 11.3 Å². The van der Waals surface area contributed by atoms with Crippen molar-refractivity contribution in [2.75, 3.05) is 0 Å². The van der Waals surface area contributed by atoms with Crippen molar-refractivity contribution in [1.29, 1.82) is 0 Å². The molecule has 0 N–H and O–H groups in total. The van der Waals surface area contributed by atoms with Crippen LogP contribution in [0.5, 0.6) is 0 Å². The molecule has 3 rings (SSSR count). The quantitative estimate of drug-likeness (QED) is 0.683. The van der Waals surface area contributed by atoms with Crippen LogP contribution in [-0.2, 0) is 9.31 Å². The molecule has 1 aliphatic rings. The predicted octanol–water partition coefficient (Wildman–Crippen LogP) is 5.50. The van der Waals surface area contributed by atoms with Crippen LogP contribution in [0.1, 0.15) is 33.3 Å². The Labute approximate surface area is 145 Å². The predicted molar refractivity (Wildman–Crippen MR) is 94.9 cm³/mol. The van der Waals surface area contributed by atoms with Gasteiger partial charge in [-0.05, 0) is 79.4 Å². The average Bonchev–Trinajstić information content (AvgIpc) is 3.06. The van der Waals surface area contributed by atoms with Gasteiger partial charge in [0.25, 0.3) is 0 Å². The van der Waals surface area contributed by atoms with Gasteiger partial charge < -0.3 is 9.31 Å². The number of hydrogen-bond acceptors (Lipinski definition) is 3. The van der Waals surface area contributed by atoms with Crippen LogP contribution in [0.4, 0.5) is 8.78 Å². The van der Waals surface area contributed by atoms with Crippen LogP contribution in [-0.4, -0.2) is 18.3 Å². The van der Waals surface area contributed by atoms with E-state index in [0.29, 0.717) is 5.56 Å². The summed E-state index contributed by atoms with van der Waals surface area (Å²) in [5, 5.41) is 3.87. The Morgan fingerprint density at radius 2 is 1.79 bits per heavy atom. The number of hydrogen-bond donors (Lipinski definition) is 0. The minimum Gasteiger partial charge on any atom is -0.398 e. The lowest BCUT2D eigenvalue weighted by molar-refractivity contribution is 0.00578. The Morgan fingerprint density at radius 3 is 2.38 bits per heavy atom. The Kier molecular flexibility index (Phi) is 4.40. The van der Waals surface area contributed by atoms with Crippen LogP contribution < -0.4 is 0 Å². The van der Waals surface area contributed by atoms with Gasteiger partial charge in [-0.25, -0.2) is 8.78 Å². The minimum atomic E-state index is -1.09. The zero-order valence-electron chi connectivity index (χ0n) is 14.1. The van der Waals surface area contributed by atoms with Crippen LogP contribution in [0.3, 0.4) is 0 Å². The molecule has 0 spiro atoms. The molecule has 126 valence electrons. The van der Waals surface area contributed by atoms with E-state index in [1.807, 2.05) is 44.5 Å². The molecule has 1 saturated heterocycles. The van der Waals surface area contributed by atoms with E-state index in [1.54, 1.807) is 6.07 Å². The van der Waals surface area contributed by atoms with E-state index in [9.17, 15) is 8.78 Å². The molecule has 0 bridgehead atoms. The maximum absolute atomic E-state index is 14.7. The number of halogens is 2. The van der Waals surface area contributed by atoms with E-state index in [-0.39, 0.29) is 0 Å². The molecule has 2 aromatic rings. The Hall–Kier alpha value is -1.50. The summed E-state index contributed by atoms with van der Waals surface area (Å²) in [5.41, 5.74) is 0.329. The Bertz CT molecular complexity index is 753. The summed E-state index contributed by atoms with van der Waals surface area (Å²) in [4.78, 5) is 0. The van der Waals surface area contributed by atoms with Crippen molar-refractivity contribution in [3.63, 3.8) is 0 Å². The highest BCUT2D eigenvalue weighted by atomic mass is 32.1. The molecule has 1 aromatic heterocycles. The molecule has 1 aromatic carbocycles. The number of thiophene rings is 1. The van der Waals surface area contributed by atoms with Crippen LogP contribution in [0.25, 0.3) is 17.2 Å². The fourth-order valence-electron chi connectivity index (χ4n) is 2.51. The van der Waals surface area contributed by atoms with Gasteiger partial charge in [0.1, 0.15) is 11.5 Å². The third-order valence-electron chi connectivity index (χ3n) is 4.62. The molecule has 2 nitrogen and oxygen atoms in total. The summed E-state index contributed by atoms with van der Waals surface area (Å²) in [6, 6.07) is 6.26. The lowest BCUT2D eigenvalue weighted by Crippen LogP contribution is -2.41. The second-order valence-corrected chi connectivity index (χ2v) is 7.64. The normalized spacial score (nSPS) is 19.8. The fraction of sp³-hybridized carbons (Fsp3) is 0.333. The summed E-state index contributed by atoms with van der Waals surface area (Å²) in [5.74, 6) is -0.415. The van der Waals surface area contributed by atoms with Gasteiger partial charge in [-0.3, -0.25) is 0 Å². The summed E-state index contributed by atoms with van der Waals surface area (Å²) in [7, 11) is -1.09. The molecule has 0 atom stereocenters. The topological polar surface area (TPSA) is 18.5 Å². The molecule has 1 fully saturated rings. The molecule has 0 amide bonds. The lowest BCUT2D eigenvalue weighted by atomic mass is 9.86. The highest BCUT2D eigenvalue weighted by Crippen LogP contribution is 2.39. The van der Waals surface area contributed by atoms with Gasteiger partial charge in [0, 0.05) is 0 Å². The van der Waals surface area contributed by atoms with E-state index in [0.717, 1.165) is 11.1 Å². The van der Waals surface area contributed by atoms with E-state index >= 15 is 0 Å². The van der Waals surface area contributed by atoms with Crippen molar-refractivity contribution in [3.8, 4) is 11.1 Å². The SMILES string of the molecule is CC1(C)OB(C(F)=Cc2cc(F)ccc2-c2ccsc2)OC1(C)C. The van der Waals surface area contributed by atoms with E-state index in [1.165, 1.54) is 29.5 Å². The van der Waals surface area contributed by atoms with Crippen molar-refractivity contribution in [2.45, 2.75) is 38.9 Å². The van der Waals surface area contributed by atoms with Crippen LogP contribution in [0, 0.1) is 5.82 Å². The van der Waals surface area contributed by atoms with Gasteiger partial charge >= 0.3 is 7.12 Å². The first-order chi connectivity index (χ1) is 11.2. The molecule has 1 aliphatic heterocycles. The first-order valence-electron chi connectivity index (χ1n) is 7.74. The summed E-state index contributed by atoms with van der Waals surface area (Å²) >= 11 is 1.53. The fourth-order valence-corrected chi connectivity index (χ4v) is 3.16. The maximum Gasteiger partial charge on any atom is 0.525 e. The highest BCUT2D eigenvalue weighted by Gasteiger charge is 2.53. The van der Waals surface area contributed by atoms with Crippen LogP contribution in [0.2, 0.25) is 0 Å². The molecule has 0 unspecified atom stereocenters. The van der Waals surface area contributed by atoms with Gasteiger partial charge in [0.05, 0.1) is 11.2 Å². The highest BCUT2D eigenvalue weighted by molar-refractivity contribution is 7.08. The Morgan fingerprint density at radius 1 is 1.12 bits per heavy atom. The molecule has 2 heterocycles. The van der Waals surface area contributed by atoms with E-state index in [4.69, 9.17) is 9.31 Å². The number of rotatable bonds is 3. The summed E-state index contributed by atoms with van der Waals surface area (Å²) in [6.07, 6.45) is 1.29. The molecular weight excluding hydrogens is 329 g/mol. The minimum absolute atomic E-state index is 0.415. The van der Waals surface area contributed by atoms with Crippen molar-refractivity contribution in [1.82, 2.24) is 0 Å². The van der Waals surface area contributed by atoms with Crippen molar-refractivity contribution in [2.24, 2.45) is 0 Å². The summed E-state index contributed by atoms with van der Waals surface area (Å²) in [6.45, 7) is 7.44. The van der Waals surface area contributed by atoms with Gasteiger partial charge in [0.15, 0.2) is 0 Å².